The van der Waals surface area contributed by atoms with E-state index in [1.807, 2.05) is 0 Å². The number of hydrogen-bond acceptors (Lipinski definition) is 4. The Morgan fingerprint density at radius 1 is 1.33 bits per heavy atom. The number of halogens is 1. The van der Waals surface area contributed by atoms with Crippen LogP contribution in [0, 0.1) is 0 Å². The molecule has 1 aliphatic heterocycles. The number of hydrogen-bond donors (Lipinski definition) is 3. The van der Waals surface area contributed by atoms with Gasteiger partial charge in [-0.3, -0.25) is 0 Å². The van der Waals surface area contributed by atoms with Crippen LogP contribution in [0.15, 0.2) is 0 Å². The van der Waals surface area contributed by atoms with Crippen LogP contribution in [-0.4, -0.2) is 52.5 Å². The minimum absolute atomic E-state index is 0.421. The molecule has 1 heterocycles. The van der Waals surface area contributed by atoms with Crippen molar-refractivity contribution in [1.29, 1.82) is 0 Å². The highest BCUT2D eigenvalue weighted by molar-refractivity contribution is 4.90. The lowest BCUT2D eigenvalue weighted by molar-refractivity contribution is -0.207. The third-order valence-electron chi connectivity index (χ3n) is 2.07. The SMILES string of the molecule is C[C@@H]1OC(CO)[C@@H](O)C(O)[C@H]1[18F]. The molecule has 0 saturated carbocycles. The van der Waals surface area contributed by atoms with Crippen LogP contribution in [0.25, 0.3) is 0 Å². The van der Waals surface area contributed by atoms with Crippen molar-refractivity contribution in [2.75, 3.05) is 6.61 Å². The van der Waals surface area contributed by atoms with Crippen LogP contribution in [0.5, 0.6) is 0 Å². The van der Waals surface area contributed by atoms with Gasteiger partial charge in [0.2, 0.25) is 0 Å². The zero-order valence-electron chi connectivity index (χ0n) is 6.72. The zero-order chi connectivity index (χ0) is 9.30. The molecule has 4 nitrogen and oxygen atoms in total. The molecule has 0 aliphatic carbocycles. The fourth-order valence-electron chi connectivity index (χ4n) is 1.27. The van der Waals surface area contributed by atoms with Gasteiger partial charge in [-0.1, -0.05) is 0 Å². The van der Waals surface area contributed by atoms with Crippen LogP contribution in [-0.2, 0) is 4.74 Å². The summed E-state index contributed by atoms with van der Waals surface area (Å²) in [4.78, 5) is 0. The van der Waals surface area contributed by atoms with Crippen molar-refractivity contribution in [2.45, 2.75) is 37.5 Å². The molecule has 5 atom stereocenters. The smallest absolute Gasteiger partial charge is 0.154 e. The van der Waals surface area contributed by atoms with Crippen molar-refractivity contribution in [3.63, 3.8) is 0 Å². The Bertz CT molecular complexity index is 150. The summed E-state index contributed by atoms with van der Waals surface area (Å²) >= 11 is 0. The molecule has 1 saturated heterocycles. The number of aliphatic hydroxyl groups excluding tert-OH is 3. The lowest BCUT2D eigenvalue weighted by atomic mass is 9.97. The number of alkyl halides is 1. The van der Waals surface area contributed by atoms with Gasteiger partial charge in [-0.05, 0) is 6.92 Å². The van der Waals surface area contributed by atoms with Gasteiger partial charge in [0.15, 0.2) is 6.17 Å². The van der Waals surface area contributed by atoms with E-state index < -0.39 is 37.2 Å². The lowest BCUT2D eigenvalue weighted by Crippen LogP contribution is -2.56. The van der Waals surface area contributed by atoms with Gasteiger partial charge in [-0.15, -0.1) is 0 Å². The lowest BCUT2D eigenvalue weighted by Gasteiger charge is -2.37. The molecular formula is C7H13FO4. The molecule has 0 spiro atoms. The molecule has 72 valence electrons. The van der Waals surface area contributed by atoms with Crippen molar-refractivity contribution < 1.29 is 24.4 Å². The van der Waals surface area contributed by atoms with Gasteiger partial charge in [0, 0.05) is 0 Å². The number of ether oxygens (including phenoxy) is 1. The first kappa shape index (κ1) is 9.85. The van der Waals surface area contributed by atoms with Crippen LogP contribution >= 0.6 is 0 Å². The first-order chi connectivity index (χ1) is 5.57. The van der Waals surface area contributed by atoms with E-state index in [9.17, 15) is 4.39 Å². The molecule has 0 amide bonds. The second-order valence-electron chi connectivity index (χ2n) is 2.99. The summed E-state index contributed by atoms with van der Waals surface area (Å²) < 4.78 is 17.8. The van der Waals surface area contributed by atoms with E-state index in [1.165, 1.54) is 6.92 Å². The summed E-state index contributed by atoms with van der Waals surface area (Å²) in [6.45, 7) is 1.03. The van der Waals surface area contributed by atoms with Gasteiger partial charge >= 0.3 is 0 Å². The van der Waals surface area contributed by atoms with Crippen molar-refractivity contribution in [3.05, 3.63) is 0 Å². The Morgan fingerprint density at radius 2 is 1.92 bits per heavy atom. The summed E-state index contributed by atoms with van der Waals surface area (Å²) in [6, 6.07) is 0. The second kappa shape index (κ2) is 3.66. The van der Waals surface area contributed by atoms with Gasteiger partial charge in [-0.25, -0.2) is 4.39 Å². The Labute approximate surface area is 69.6 Å². The molecular weight excluding hydrogens is 166 g/mol. The topological polar surface area (TPSA) is 69.9 Å². The van der Waals surface area contributed by atoms with Gasteiger partial charge in [0.05, 0.1) is 12.7 Å². The summed E-state index contributed by atoms with van der Waals surface area (Å²) in [7, 11) is 0. The van der Waals surface area contributed by atoms with E-state index >= 15 is 0 Å². The van der Waals surface area contributed by atoms with Gasteiger partial charge in [0.1, 0.15) is 18.3 Å². The summed E-state index contributed by atoms with van der Waals surface area (Å²) in [6.07, 6.45) is -6.09. The van der Waals surface area contributed by atoms with Gasteiger partial charge in [0.25, 0.3) is 0 Å². The normalized spacial score (nSPS) is 49.2. The third-order valence-corrected chi connectivity index (χ3v) is 2.07. The highest BCUT2D eigenvalue weighted by Crippen LogP contribution is 2.22. The summed E-state index contributed by atoms with van der Waals surface area (Å²) in [5.74, 6) is 0. The molecule has 1 aliphatic rings. The van der Waals surface area contributed by atoms with E-state index in [4.69, 9.17) is 20.1 Å². The van der Waals surface area contributed by atoms with E-state index in [0.29, 0.717) is 0 Å². The number of rotatable bonds is 1. The summed E-state index contributed by atoms with van der Waals surface area (Å²) in [5, 5.41) is 26.9. The average Bonchev–Trinajstić information content (AvgIpc) is 2.08. The molecule has 0 aromatic rings. The predicted octanol–water partition coefficient (Wildman–Crippen LogP) is -1.17. The van der Waals surface area contributed by atoms with Crippen molar-refractivity contribution in [3.8, 4) is 0 Å². The van der Waals surface area contributed by atoms with E-state index in [-0.39, 0.29) is 0 Å². The fourth-order valence-corrected chi connectivity index (χ4v) is 1.27. The molecule has 0 aromatic carbocycles. The molecule has 3 N–H and O–H groups in total. The fraction of sp³-hybridized carbons (Fsp3) is 1.00. The van der Waals surface area contributed by atoms with E-state index in [0.717, 1.165) is 0 Å². The highest BCUT2D eigenvalue weighted by Gasteiger charge is 2.42. The van der Waals surface area contributed by atoms with Crippen LogP contribution < -0.4 is 0 Å². The minimum Gasteiger partial charge on any atom is -0.394 e. The Balaban J connectivity index is 2.63. The maximum atomic E-state index is 12.9. The van der Waals surface area contributed by atoms with Crippen LogP contribution in [0.1, 0.15) is 6.92 Å². The Morgan fingerprint density at radius 3 is 2.42 bits per heavy atom. The van der Waals surface area contributed by atoms with E-state index in [1.54, 1.807) is 0 Å². The first-order valence-corrected chi connectivity index (χ1v) is 3.84. The monoisotopic (exact) mass is 179 g/mol. The van der Waals surface area contributed by atoms with Crippen LogP contribution in [0.4, 0.5) is 4.39 Å². The molecule has 0 bridgehead atoms. The maximum Gasteiger partial charge on any atom is 0.154 e. The van der Waals surface area contributed by atoms with Gasteiger partial charge in [-0.2, -0.15) is 0 Å². The van der Waals surface area contributed by atoms with Crippen molar-refractivity contribution >= 4 is 0 Å². The predicted molar refractivity (Wildman–Crippen MR) is 38.3 cm³/mol. The molecule has 2 unspecified atom stereocenters. The summed E-state index contributed by atoms with van der Waals surface area (Å²) in [5.41, 5.74) is 0. The Kier molecular flexibility index (Phi) is 3.00. The maximum absolute atomic E-state index is 12.9. The standard InChI is InChI=1S/C7H13FO4/c1-3-5(8)7(11)6(10)4(2-9)12-3/h3-7,9-11H,2H2,1H3/t3-,4?,5-,6+,7?/m0/s1/i8-1. The molecule has 0 radical (unpaired) electrons. The quantitative estimate of drug-likeness (QED) is 0.474. The molecule has 1 fully saturated rings. The van der Waals surface area contributed by atoms with Crippen molar-refractivity contribution in [2.24, 2.45) is 0 Å². The number of aliphatic hydroxyl groups is 3. The first-order valence-electron chi connectivity index (χ1n) is 3.84. The highest BCUT2D eigenvalue weighted by atomic mass is 18.2. The van der Waals surface area contributed by atoms with E-state index in [2.05, 4.69) is 0 Å². The molecule has 5 heteroatoms. The van der Waals surface area contributed by atoms with Crippen LogP contribution in [0.2, 0.25) is 0 Å². The molecule has 1 rings (SSSR count). The second-order valence-corrected chi connectivity index (χ2v) is 2.99. The minimum atomic E-state index is -1.59. The Hall–Kier alpha value is -0.230. The van der Waals surface area contributed by atoms with Gasteiger partial charge < -0.3 is 20.1 Å². The third kappa shape index (κ3) is 1.59. The average molecular weight is 179 g/mol. The zero-order valence-corrected chi connectivity index (χ0v) is 6.72. The van der Waals surface area contributed by atoms with Crippen molar-refractivity contribution in [1.82, 2.24) is 0 Å². The van der Waals surface area contributed by atoms with Crippen LogP contribution in [0.3, 0.4) is 0 Å². The molecule has 12 heavy (non-hydrogen) atoms. The largest absolute Gasteiger partial charge is 0.394 e. The molecule has 0 aromatic heterocycles.